The first-order chi connectivity index (χ1) is 14.4. The molecule has 1 fully saturated rings. The summed E-state index contributed by atoms with van der Waals surface area (Å²) in [6.07, 6.45) is 3.29. The fourth-order valence-electron chi connectivity index (χ4n) is 3.26. The Morgan fingerprint density at radius 3 is 2.57 bits per heavy atom. The predicted molar refractivity (Wildman–Crippen MR) is 116 cm³/mol. The average Bonchev–Trinajstić information content (AvgIpc) is 2.74. The molecule has 0 bridgehead atoms. The van der Waals surface area contributed by atoms with Crippen LogP contribution in [-0.4, -0.2) is 41.3 Å². The number of carbonyl (C=O) groups is 2. The zero-order valence-corrected chi connectivity index (χ0v) is 17.7. The summed E-state index contributed by atoms with van der Waals surface area (Å²) in [5.74, 6) is 0.254. The van der Waals surface area contributed by atoms with Gasteiger partial charge in [-0.15, -0.1) is 0 Å². The van der Waals surface area contributed by atoms with Gasteiger partial charge >= 0.3 is 0 Å². The maximum Gasteiger partial charge on any atom is 0.228 e. The van der Waals surface area contributed by atoms with Crippen LogP contribution in [0.1, 0.15) is 24.8 Å². The number of hydrogen-bond acceptors (Lipinski definition) is 5. The number of nitriles is 1. The van der Waals surface area contributed by atoms with Crippen molar-refractivity contribution in [2.45, 2.75) is 19.3 Å². The Kier molecular flexibility index (Phi) is 7.63. The number of aromatic nitrogens is 1. The van der Waals surface area contributed by atoms with Gasteiger partial charge < -0.3 is 15.5 Å². The topological polar surface area (TPSA) is 98.1 Å². The van der Waals surface area contributed by atoms with Gasteiger partial charge in [0.1, 0.15) is 11.9 Å². The van der Waals surface area contributed by atoms with Crippen LogP contribution in [0.25, 0.3) is 0 Å². The molecule has 156 valence electrons. The van der Waals surface area contributed by atoms with Crippen molar-refractivity contribution in [2.24, 2.45) is 5.92 Å². The molecule has 30 heavy (non-hydrogen) atoms. The van der Waals surface area contributed by atoms with Crippen molar-refractivity contribution in [3.8, 4) is 6.07 Å². The molecular formula is C21H21Cl2N5O2. The molecule has 1 saturated heterocycles. The van der Waals surface area contributed by atoms with Crippen LogP contribution >= 0.6 is 23.2 Å². The van der Waals surface area contributed by atoms with Crippen LogP contribution in [0.5, 0.6) is 0 Å². The third kappa shape index (κ3) is 6.17. The molecule has 0 radical (unpaired) electrons. The van der Waals surface area contributed by atoms with Crippen molar-refractivity contribution in [3.63, 3.8) is 0 Å². The van der Waals surface area contributed by atoms with Gasteiger partial charge in [0.15, 0.2) is 0 Å². The summed E-state index contributed by atoms with van der Waals surface area (Å²) < 4.78 is 0. The molecule has 3 rings (SSSR count). The first kappa shape index (κ1) is 22.0. The summed E-state index contributed by atoms with van der Waals surface area (Å²) in [6.45, 7) is 2.12. The largest absolute Gasteiger partial charge is 0.326 e. The Hall–Kier alpha value is -2.66. The number of anilines is 2. The Bertz CT molecular complexity index is 951. The Morgan fingerprint density at radius 2 is 1.93 bits per heavy atom. The third-order valence-electron chi connectivity index (χ3n) is 4.97. The van der Waals surface area contributed by atoms with E-state index in [0.717, 1.165) is 25.9 Å². The lowest BCUT2D eigenvalue weighted by molar-refractivity contribution is -0.121. The minimum absolute atomic E-state index is 0.0417. The van der Waals surface area contributed by atoms with E-state index in [1.165, 1.54) is 6.20 Å². The Labute approximate surface area is 185 Å². The first-order valence-electron chi connectivity index (χ1n) is 9.59. The van der Waals surface area contributed by atoms with Crippen LogP contribution in [0.15, 0.2) is 36.5 Å². The smallest absolute Gasteiger partial charge is 0.228 e. The number of benzene rings is 1. The molecule has 0 unspecified atom stereocenters. The van der Waals surface area contributed by atoms with Crippen molar-refractivity contribution in [1.29, 1.82) is 5.26 Å². The molecule has 9 heteroatoms. The molecular weight excluding hydrogens is 425 g/mol. The summed E-state index contributed by atoms with van der Waals surface area (Å²) in [4.78, 5) is 30.9. The number of hydrogen-bond donors (Lipinski definition) is 2. The fraction of sp³-hybridized carbons (Fsp3) is 0.333. The van der Waals surface area contributed by atoms with E-state index in [-0.39, 0.29) is 17.7 Å². The monoisotopic (exact) mass is 445 g/mol. The second kappa shape index (κ2) is 10.4. The summed E-state index contributed by atoms with van der Waals surface area (Å²) >= 11 is 11.8. The summed E-state index contributed by atoms with van der Waals surface area (Å²) in [7, 11) is 0. The number of likely N-dealkylation sites (tertiary alicyclic amines) is 1. The van der Waals surface area contributed by atoms with Gasteiger partial charge in [-0.05, 0) is 56.3 Å². The van der Waals surface area contributed by atoms with E-state index in [4.69, 9.17) is 28.5 Å². The number of piperidine rings is 1. The van der Waals surface area contributed by atoms with Gasteiger partial charge in [0.2, 0.25) is 11.8 Å². The molecule has 0 aliphatic carbocycles. The molecule has 2 aromatic rings. The number of rotatable bonds is 6. The third-order valence-corrected chi connectivity index (χ3v) is 5.50. The second-order valence-corrected chi connectivity index (χ2v) is 7.92. The van der Waals surface area contributed by atoms with Crippen molar-refractivity contribution in [2.75, 3.05) is 30.3 Å². The summed E-state index contributed by atoms with van der Waals surface area (Å²) in [5.41, 5.74) is 0.934. The van der Waals surface area contributed by atoms with Gasteiger partial charge in [-0.1, -0.05) is 23.2 Å². The Morgan fingerprint density at radius 1 is 1.17 bits per heavy atom. The zero-order valence-electron chi connectivity index (χ0n) is 16.2. The van der Waals surface area contributed by atoms with Crippen molar-refractivity contribution >= 4 is 46.5 Å². The van der Waals surface area contributed by atoms with Gasteiger partial charge in [-0.25, -0.2) is 4.98 Å². The molecule has 1 aromatic carbocycles. The van der Waals surface area contributed by atoms with Gasteiger partial charge in [0.25, 0.3) is 0 Å². The SMILES string of the molecule is N#Cc1ccc(NC(=O)CCN2CCC(C(=O)Nc3ccc(Cl)cn3)CC2)cc1Cl. The van der Waals surface area contributed by atoms with Gasteiger partial charge in [-0.3, -0.25) is 9.59 Å². The van der Waals surface area contributed by atoms with E-state index in [1.807, 2.05) is 6.07 Å². The number of carbonyl (C=O) groups excluding carboxylic acids is 2. The number of pyridine rings is 1. The molecule has 2 N–H and O–H groups in total. The van der Waals surface area contributed by atoms with Crippen LogP contribution in [0.3, 0.4) is 0 Å². The first-order valence-corrected chi connectivity index (χ1v) is 10.3. The standard InChI is InChI=1S/C21H21Cl2N5O2/c22-16-2-4-19(25-13-16)27-21(30)14-5-8-28(9-6-14)10-7-20(29)26-17-3-1-15(12-24)18(23)11-17/h1-4,11,13-14H,5-10H2,(H,26,29)(H,25,27,30). The number of nitrogens with one attached hydrogen (secondary N) is 2. The minimum Gasteiger partial charge on any atom is -0.326 e. The lowest BCUT2D eigenvalue weighted by Crippen LogP contribution is -2.39. The van der Waals surface area contributed by atoms with Gasteiger partial charge in [-0.2, -0.15) is 5.26 Å². The van der Waals surface area contributed by atoms with E-state index in [0.29, 0.717) is 40.1 Å². The molecule has 0 saturated carbocycles. The number of halogens is 2. The van der Waals surface area contributed by atoms with Crippen molar-refractivity contribution < 1.29 is 9.59 Å². The van der Waals surface area contributed by atoms with Gasteiger partial charge in [0.05, 0.1) is 15.6 Å². The molecule has 1 aromatic heterocycles. The maximum atomic E-state index is 12.4. The lowest BCUT2D eigenvalue weighted by Gasteiger charge is -2.31. The predicted octanol–water partition coefficient (Wildman–Crippen LogP) is 3.94. The maximum absolute atomic E-state index is 12.4. The van der Waals surface area contributed by atoms with Gasteiger partial charge in [0, 0.05) is 30.8 Å². The Balaban J connectivity index is 1.39. The molecule has 1 aliphatic rings. The molecule has 0 atom stereocenters. The zero-order chi connectivity index (χ0) is 21.5. The second-order valence-electron chi connectivity index (χ2n) is 7.07. The van der Waals surface area contributed by atoms with Crippen LogP contribution in [0.2, 0.25) is 10.0 Å². The molecule has 7 nitrogen and oxygen atoms in total. The van der Waals surface area contributed by atoms with E-state index in [1.54, 1.807) is 30.3 Å². The van der Waals surface area contributed by atoms with E-state index in [2.05, 4.69) is 20.5 Å². The minimum atomic E-state index is -0.121. The van der Waals surface area contributed by atoms with Crippen LogP contribution < -0.4 is 10.6 Å². The molecule has 1 aliphatic heterocycles. The number of nitrogens with zero attached hydrogens (tertiary/aromatic N) is 3. The quantitative estimate of drug-likeness (QED) is 0.701. The normalized spacial score (nSPS) is 14.7. The highest BCUT2D eigenvalue weighted by Gasteiger charge is 2.25. The fourth-order valence-corrected chi connectivity index (χ4v) is 3.60. The highest BCUT2D eigenvalue weighted by Crippen LogP contribution is 2.21. The van der Waals surface area contributed by atoms with E-state index < -0.39 is 0 Å². The average molecular weight is 446 g/mol. The molecule has 2 amide bonds. The summed E-state index contributed by atoms with van der Waals surface area (Å²) in [6, 6.07) is 10.1. The van der Waals surface area contributed by atoms with Crippen LogP contribution in [0.4, 0.5) is 11.5 Å². The lowest BCUT2D eigenvalue weighted by atomic mass is 9.96. The van der Waals surface area contributed by atoms with Crippen LogP contribution in [-0.2, 0) is 9.59 Å². The summed E-state index contributed by atoms with van der Waals surface area (Å²) in [5, 5.41) is 15.3. The van der Waals surface area contributed by atoms with Crippen molar-refractivity contribution in [1.82, 2.24) is 9.88 Å². The highest BCUT2D eigenvalue weighted by atomic mass is 35.5. The van der Waals surface area contributed by atoms with E-state index in [9.17, 15) is 9.59 Å². The van der Waals surface area contributed by atoms with E-state index >= 15 is 0 Å². The highest BCUT2D eigenvalue weighted by molar-refractivity contribution is 6.32. The number of amides is 2. The molecule has 2 heterocycles. The molecule has 0 spiro atoms. The van der Waals surface area contributed by atoms with Crippen molar-refractivity contribution in [3.05, 3.63) is 52.1 Å². The van der Waals surface area contributed by atoms with Crippen LogP contribution in [0, 0.1) is 17.2 Å².